The molecule has 162 valence electrons. The number of benzene rings is 1. The number of fused-ring (bicyclic) bond motifs is 1. The lowest BCUT2D eigenvalue weighted by molar-refractivity contribution is -0.190. The normalized spacial score (nSPS) is 26.8. The van der Waals surface area contributed by atoms with Crippen LogP contribution in [0.4, 0.5) is 13.2 Å². The zero-order chi connectivity index (χ0) is 21.5. The maximum absolute atomic E-state index is 13.4. The van der Waals surface area contributed by atoms with Crippen LogP contribution >= 0.6 is 0 Å². The Labute approximate surface area is 171 Å². The van der Waals surface area contributed by atoms with E-state index in [9.17, 15) is 27.6 Å². The highest BCUT2D eigenvalue weighted by Crippen LogP contribution is 2.36. The average Bonchev–Trinajstić information content (AvgIpc) is 3.28. The van der Waals surface area contributed by atoms with E-state index < -0.39 is 23.7 Å². The highest BCUT2D eigenvalue weighted by atomic mass is 19.4. The molecule has 1 aromatic carbocycles. The molecule has 7 nitrogen and oxygen atoms in total. The summed E-state index contributed by atoms with van der Waals surface area (Å²) in [5.41, 5.74) is 0.0747. The summed E-state index contributed by atoms with van der Waals surface area (Å²) in [6.45, 7) is 0.592. The van der Waals surface area contributed by atoms with Crippen molar-refractivity contribution < 1.29 is 27.6 Å². The van der Waals surface area contributed by atoms with Gasteiger partial charge in [0.2, 0.25) is 11.8 Å². The number of hydrogen-bond donors (Lipinski definition) is 3. The molecule has 2 atom stereocenters. The summed E-state index contributed by atoms with van der Waals surface area (Å²) < 4.78 is 40.3. The quantitative estimate of drug-likeness (QED) is 0.619. The Balaban J connectivity index is 1.41. The molecule has 2 fully saturated rings. The maximum atomic E-state index is 13.4. The molecule has 0 saturated carbocycles. The first-order valence-electron chi connectivity index (χ1n) is 9.99. The van der Waals surface area contributed by atoms with Gasteiger partial charge < -0.3 is 15.5 Å². The first-order valence-corrected chi connectivity index (χ1v) is 9.99. The summed E-state index contributed by atoms with van der Waals surface area (Å²) in [5, 5.41) is 7.75. The third kappa shape index (κ3) is 3.69. The van der Waals surface area contributed by atoms with Crippen LogP contribution < -0.4 is 16.0 Å². The SMILES string of the molecule is O=C1CCC(N2Cc3cc(CNCC4(C(F)(F)F)CCCN4)ccc3C2=O)C(=O)N1. The zero-order valence-corrected chi connectivity index (χ0v) is 16.3. The highest BCUT2D eigenvalue weighted by molar-refractivity contribution is 6.05. The van der Waals surface area contributed by atoms with Crippen LogP contribution in [0.5, 0.6) is 0 Å². The van der Waals surface area contributed by atoms with Crippen LogP contribution in [0.15, 0.2) is 18.2 Å². The number of nitrogens with zero attached hydrogens (tertiary/aromatic N) is 1. The van der Waals surface area contributed by atoms with E-state index >= 15 is 0 Å². The van der Waals surface area contributed by atoms with E-state index in [1.165, 1.54) is 4.90 Å². The van der Waals surface area contributed by atoms with Gasteiger partial charge in [-0.15, -0.1) is 0 Å². The third-order valence-electron chi connectivity index (χ3n) is 6.13. The number of hydrogen-bond acceptors (Lipinski definition) is 5. The Hall–Kier alpha value is -2.46. The topological polar surface area (TPSA) is 90.5 Å². The lowest BCUT2D eigenvalue weighted by Crippen LogP contribution is -2.58. The van der Waals surface area contributed by atoms with E-state index in [1.807, 2.05) is 0 Å². The Morgan fingerprint density at radius 3 is 2.70 bits per heavy atom. The molecule has 10 heteroatoms. The fourth-order valence-electron chi connectivity index (χ4n) is 4.46. The third-order valence-corrected chi connectivity index (χ3v) is 6.13. The van der Waals surface area contributed by atoms with Crippen molar-refractivity contribution in [1.82, 2.24) is 20.9 Å². The van der Waals surface area contributed by atoms with Gasteiger partial charge in [0, 0.05) is 31.6 Å². The summed E-state index contributed by atoms with van der Waals surface area (Å²) in [6, 6.07) is 4.45. The molecular formula is C20H23F3N4O3. The Morgan fingerprint density at radius 2 is 2.03 bits per heavy atom. The second-order valence-electron chi connectivity index (χ2n) is 8.11. The number of carbonyl (C=O) groups is 3. The molecule has 2 saturated heterocycles. The predicted molar refractivity (Wildman–Crippen MR) is 100 cm³/mol. The number of amides is 3. The van der Waals surface area contributed by atoms with Crippen molar-refractivity contribution in [3.63, 3.8) is 0 Å². The van der Waals surface area contributed by atoms with Crippen molar-refractivity contribution >= 4 is 17.7 Å². The van der Waals surface area contributed by atoms with Crippen LogP contribution in [0, 0.1) is 0 Å². The van der Waals surface area contributed by atoms with E-state index in [0.717, 1.165) is 11.1 Å². The minimum atomic E-state index is -4.33. The molecule has 2 unspecified atom stereocenters. The van der Waals surface area contributed by atoms with E-state index in [2.05, 4.69) is 16.0 Å². The molecule has 4 rings (SSSR count). The average molecular weight is 424 g/mol. The summed E-state index contributed by atoms with van der Waals surface area (Å²) in [7, 11) is 0. The first-order chi connectivity index (χ1) is 14.2. The number of halogens is 3. The molecule has 0 aromatic heterocycles. The number of piperidine rings is 1. The number of rotatable bonds is 5. The molecule has 0 aliphatic carbocycles. The van der Waals surface area contributed by atoms with Crippen molar-refractivity contribution in [2.24, 2.45) is 0 Å². The first kappa shape index (κ1) is 20.8. The second kappa shape index (κ2) is 7.66. The number of alkyl halides is 3. The van der Waals surface area contributed by atoms with Gasteiger partial charge in [0.25, 0.3) is 5.91 Å². The monoisotopic (exact) mass is 424 g/mol. The van der Waals surface area contributed by atoms with Gasteiger partial charge in [0.15, 0.2) is 0 Å². The van der Waals surface area contributed by atoms with Gasteiger partial charge in [-0.25, -0.2) is 0 Å². The molecule has 1 aromatic rings. The number of imide groups is 1. The fraction of sp³-hybridized carbons (Fsp3) is 0.550. The molecule has 3 heterocycles. The van der Waals surface area contributed by atoms with Crippen LogP contribution in [0.1, 0.15) is 47.2 Å². The molecule has 3 aliphatic heterocycles. The van der Waals surface area contributed by atoms with E-state index in [-0.39, 0.29) is 50.7 Å². The molecular weight excluding hydrogens is 401 g/mol. The molecule has 0 bridgehead atoms. The minimum absolute atomic E-state index is 0.0447. The second-order valence-corrected chi connectivity index (χ2v) is 8.11. The van der Waals surface area contributed by atoms with Gasteiger partial charge in [-0.1, -0.05) is 12.1 Å². The van der Waals surface area contributed by atoms with Gasteiger partial charge in [-0.2, -0.15) is 13.2 Å². The number of carbonyl (C=O) groups excluding carboxylic acids is 3. The minimum Gasteiger partial charge on any atom is -0.322 e. The van der Waals surface area contributed by atoms with Crippen LogP contribution in [-0.2, 0) is 22.7 Å². The van der Waals surface area contributed by atoms with Gasteiger partial charge in [0.05, 0.1) is 0 Å². The van der Waals surface area contributed by atoms with Crippen molar-refractivity contribution in [3.8, 4) is 0 Å². The summed E-state index contributed by atoms with van der Waals surface area (Å²) in [6.07, 6.45) is -3.34. The molecule has 0 spiro atoms. The number of nitrogens with one attached hydrogen (secondary N) is 3. The molecule has 3 N–H and O–H groups in total. The lowest BCUT2D eigenvalue weighted by Gasteiger charge is -2.32. The van der Waals surface area contributed by atoms with Crippen LogP contribution in [0.3, 0.4) is 0 Å². The Bertz CT molecular complexity index is 881. The van der Waals surface area contributed by atoms with Gasteiger partial charge in [-0.3, -0.25) is 19.7 Å². The van der Waals surface area contributed by atoms with Crippen LogP contribution in [0.25, 0.3) is 0 Å². The van der Waals surface area contributed by atoms with Crippen molar-refractivity contribution in [1.29, 1.82) is 0 Å². The van der Waals surface area contributed by atoms with E-state index in [4.69, 9.17) is 0 Å². The van der Waals surface area contributed by atoms with Crippen molar-refractivity contribution in [3.05, 3.63) is 34.9 Å². The van der Waals surface area contributed by atoms with Crippen molar-refractivity contribution in [2.45, 2.75) is 56.5 Å². The predicted octanol–water partition coefficient (Wildman–Crippen LogP) is 1.22. The molecule has 3 aliphatic rings. The van der Waals surface area contributed by atoms with Gasteiger partial charge >= 0.3 is 6.18 Å². The Morgan fingerprint density at radius 1 is 1.23 bits per heavy atom. The zero-order valence-electron chi connectivity index (χ0n) is 16.3. The fourth-order valence-corrected chi connectivity index (χ4v) is 4.46. The van der Waals surface area contributed by atoms with E-state index in [0.29, 0.717) is 18.5 Å². The van der Waals surface area contributed by atoms with E-state index in [1.54, 1.807) is 18.2 Å². The summed E-state index contributed by atoms with van der Waals surface area (Å²) >= 11 is 0. The molecule has 30 heavy (non-hydrogen) atoms. The van der Waals surface area contributed by atoms with Crippen LogP contribution in [0.2, 0.25) is 0 Å². The highest BCUT2D eigenvalue weighted by Gasteiger charge is 2.55. The summed E-state index contributed by atoms with van der Waals surface area (Å²) in [4.78, 5) is 37.6. The van der Waals surface area contributed by atoms with Crippen LogP contribution in [-0.4, -0.2) is 53.5 Å². The van der Waals surface area contributed by atoms with Gasteiger partial charge in [0.1, 0.15) is 11.6 Å². The largest absolute Gasteiger partial charge is 0.407 e. The maximum Gasteiger partial charge on any atom is 0.407 e. The standard InChI is InChI=1S/C20H23F3N4O3/c21-20(22,23)19(6-1-7-25-19)11-24-9-12-2-3-14-13(8-12)10-27(18(14)30)15-4-5-16(28)26-17(15)29/h2-3,8,15,24-25H,1,4-7,9-11H2,(H,26,28,29). The molecule has 0 radical (unpaired) electrons. The lowest BCUT2D eigenvalue weighted by atomic mass is 9.96. The molecule has 3 amide bonds. The summed E-state index contributed by atoms with van der Waals surface area (Å²) in [5.74, 6) is -1.09. The van der Waals surface area contributed by atoms with Gasteiger partial charge in [-0.05, 0) is 43.0 Å². The van der Waals surface area contributed by atoms with Crippen molar-refractivity contribution in [2.75, 3.05) is 13.1 Å². The smallest absolute Gasteiger partial charge is 0.322 e. The Kier molecular flexibility index (Phi) is 5.31.